The molecule has 0 fully saturated rings. The van der Waals surface area contributed by atoms with E-state index in [1.165, 1.54) is 11.1 Å². The predicted molar refractivity (Wildman–Crippen MR) is 70.3 cm³/mol. The standard InChI is InChI=1S/C15H19NO/c1-3-4-12(2)16-9-7-13-5-6-15-14(11-13)8-10-17-15/h1,5-6,11-12,16H,4,7-10H2,2H3. The zero-order chi connectivity index (χ0) is 12.1. The van der Waals surface area contributed by atoms with Gasteiger partial charge < -0.3 is 10.1 Å². The van der Waals surface area contributed by atoms with Gasteiger partial charge in [0.25, 0.3) is 0 Å². The second kappa shape index (κ2) is 5.75. The number of benzene rings is 1. The molecule has 1 N–H and O–H groups in total. The van der Waals surface area contributed by atoms with Crippen LogP contribution in [0.2, 0.25) is 0 Å². The Morgan fingerprint density at radius 1 is 1.53 bits per heavy atom. The molecule has 0 aliphatic carbocycles. The molecule has 1 atom stereocenters. The van der Waals surface area contributed by atoms with Crippen LogP contribution in [0.4, 0.5) is 0 Å². The van der Waals surface area contributed by atoms with Crippen LogP contribution in [0.25, 0.3) is 0 Å². The van der Waals surface area contributed by atoms with Crippen LogP contribution >= 0.6 is 0 Å². The molecule has 1 unspecified atom stereocenters. The fourth-order valence-electron chi connectivity index (χ4n) is 2.11. The van der Waals surface area contributed by atoms with Crippen molar-refractivity contribution in [2.75, 3.05) is 13.2 Å². The van der Waals surface area contributed by atoms with Crippen LogP contribution in [0, 0.1) is 12.3 Å². The smallest absolute Gasteiger partial charge is 0.122 e. The zero-order valence-electron chi connectivity index (χ0n) is 10.3. The fraction of sp³-hybridized carbons (Fsp3) is 0.467. The molecule has 2 rings (SSSR count). The van der Waals surface area contributed by atoms with Gasteiger partial charge in [-0.15, -0.1) is 12.3 Å². The minimum Gasteiger partial charge on any atom is -0.493 e. The third-order valence-electron chi connectivity index (χ3n) is 3.08. The van der Waals surface area contributed by atoms with Crippen LogP contribution in [0.3, 0.4) is 0 Å². The van der Waals surface area contributed by atoms with Crippen molar-refractivity contribution in [1.29, 1.82) is 0 Å². The van der Waals surface area contributed by atoms with Gasteiger partial charge in [0, 0.05) is 18.9 Å². The van der Waals surface area contributed by atoms with Crippen LogP contribution in [-0.2, 0) is 12.8 Å². The first-order valence-electron chi connectivity index (χ1n) is 6.21. The second-order valence-electron chi connectivity index (χ2n) is 4.55. The van der Waals surface area contributed by atoms with Crippen molar-refractivity contribution in [2.45, 2.75) is 32.2 Å². The average molecular weight is 229 g/mol. The van der Waals surface area contributed by atoms with Gasteiger partial charge in [-0.3, -0.25) is 0 Å². The largest absolute Gasteiger partial charge is 0.493 e. The molecular weight excluding hydrogens is 210 g/mol. The van der Waals surface area contributed by atoms with Gasteiger partial charge in [-0.05, 0) is 37.1 Å². The van der Waals surface area contributed by atoms with Crippen LogP contribution in [0.1, 0.15) is 24.5 Å². The van der Waals surface area contributed by atoms with Crippen molar-refractivity contribution in [3.05, 3.63) is 29.3 Å². The lowest BCUT2D eigenvalue weighted by molar-refractivity contribution is 0.357. The van der Waals surface area contributed by atoms with Gasteiger partial charge in [0.1, 0.15) is 5.75 Å². The number of terminal acetylenes is 1. The lowest BCUT2D eigenvalue weighted by Crippen LogP contribution is -2.27. The van der Waals surface area contributed by atoms with Crippen molar-refractivity contribution in [2.24, 2.45) is 0 Å². The molecule has 1 aliphatic rings. The van der Waals surface area contributed by atoms with Gasteiger partial charge in [-0.25, -0.2) is 0 Å². The van der Waals surface area contributed by atoms with E-state index in [2.05, 4.69) is 36.4 Å². The summed E-state index contributed by atoms with van der Waals surface area (Å²) in [6.45, 7) is 3.93. The molecule has 0 bridgehead atoms. The summed E-state index contributed by atoms with van der Waals surface area (Å²) in [6.07, 6.45) is 8.15. The Balaban J connectivity index is 1.82. The quantitative estimate of drug-likeness (QED) is 0.781. The Hall–Kier alpha value is -1.46. The molecule has 0 aromatic heterocycles. The molecule has 17 heavy (non-hydrogen) atoms. The minimum atomic E-state index is 0.401. The van der Waals surface area contributed by atoms with Crippen molar-refractivity contribution in [3.63, 3.8) is 0 Å². The summed E-state index contributed by atoms with van der Waals surface area (Å²) in [6, 6.07) is 6.90. The molecule has 1 aliphatic heterocycles. The first-order valence-corrected chi connectivity index (χ1v) is 6.21. The Morgan fingerprint density at radius 2 is 2.41 bits per heavy atom. The molecule has 0 amide bonds. The van der Waals surface area contributed by atoms with Crippen LogP contribution < -0.4 is 10.1 Å². The third kappa shape index (κ3) is 3.25. The number of fused-ring (bicyclic) bond motifs is 1. The summed E-state index contributed by atoms with van der Waals surface area (Å²) in [7, 11) is 0. The Morgan fingerprint density at radius 3 is 3.24 bits per heavy atom. The topological polar surface area (TPSA) is 21.3 Å². The number of ether oxygens (including phenoxy) is 1. The lowest BCUT2D eigenvalue weighted by Gasteiger charge is -2.10. The van der Waals surface area contributed by atoms with E-state index in [0.29, 0.717) is 6.04 Å². The molecular formula is C15H19NO. The highest BCUT2D eigenvalue weighted by Crippen LogP contribution is 2.25. The summed E-state index contributed by atoms with van der Waals surface area (Å²) in [4.78, 5) is 0. The van der Waals surface area contributed by atoms with Gasteiger partial charge in [0.2, 0.25) is 0 Å². The van der Waals surface area contributed by atoms with E-state index in [-0.39, 0.29) is 0 Å². The highest BCUT2D eigenvalue weighted by Gasteiger charge is 2.11. The lowest BCUT2D eigenvalue weighted by atomic mass is 10.1. The monoisotopic (exact) mass is 229 g/mol. The second-order valence-corrected chi connectivity index (χ2v) is 4.55. The number of hydrogen-bond donors (Lipinski definition) is 1. The zero-order valence-corrected chi connectivity index (χ0v) is 10.3. The maximum absolute atomic E-state index is 5.49. The molecule has 0 saturated carbocycles. The molecule has 1 aromatic carbocycles. The highest BCUT2D eigenvalue weighted by molar-refractivity contribution is 5.39. The van der Waals surface area contributed by atoms with Gasteiger partial charge in [-0.2, -0.15) is 0 Å². The molecule has 0 saturated heterocycles. The van der Waals surface area contributed by atoms with Gasteiger partial charge in [0.15, 0.2) is 0 Å². The normalized spacial score (nSPS) is 14.8. The molecule has 0 spiro atoms. The fourth-order valence-corrected chi connectivity index (χ4v) is 2.11. The van der Waals surface area contributed by atoms with E-state index in [1.54, 1.807) is 0 Å². The van der Waals surface area contributed by atoms with Gasteiger partial charge >= 0.3 is 0 Å². The maximum atomic E-state index is 5.49. The van der Waals surface area contributed by atoms with Gasteiger partial charge in [-0.1, -0.05) is 12.1 Å². The first kappa shape index (κ1) is 12.0. The Bertz CT molecular complexity index is 419. The van der Waals surface area contributed by atoms with Crippen molar-refractivity contribution >= 4 is 0 Å². The number of nitrogens with one attached hydrogen (secondary N) is 1. The third-order valence-corrected chi connectivity index (χ3v) is 3.08. The molecule has 90 valence electrons. The highest BCUT2D eigenvalue weighted by atomic mass is 16.5. The van der Waals surface area contributed by atoms with E-state index < -0.39 is 0 Å². The van der Waals surface area contributed by atoms with E-state index >= 15 is 0 Å². The van der Waals surface area contributed by atoms with Crippen molar-refractivity contribution < 1.29 is 4.74 Å². The van der Waals surface area contributed by atoms with E-state index in [4.69, 9.17) is 11.2 Å². The summed E-state index contributed by atoms with van der Waals surface area (Å²) in [5.74, 6) is 3.73. The van der Waals surface area contributed by atoms with E-state index in [0.717, 1.165) is 38.2 Å². The van der Waals surface area contributed by atoms with E-state index in [9.17, 15) is 0 Å². The van der Waals surface area contributed by atoms with Crippen LogP contribution in [0.15, 0.2) is 18.2 Å². The van der Waals surface area contributed by atoms with E-state index in [1.807, 2.05) is 0 Å². The van der Waals surface area contributed by atoms with Crippen LogP contribution in [0.5, 0.6) is 5.75 Å². The minimum absolute atomic E-state index is 0.401. The molecule has 2 nitrogen and oxygen atoms in total. The summed E-state index contributed by atoms with van der Waals surface area (Å²) >= 11 is 0. The SMILES string of the molecule is C#CCC(C)NCCc1ccc2c(c1)CCO2. The van der Waals surface area contributed by atoms with Gasteiger partial charge in [0.05, 0.1) is 6.61 Å². The Labute approximate surface area is 103 Å². The summed E-state index contributed by atoms with van der Waals surface area (Å²) < 4.78 is 5.49. The maximum Gasteiger partial charge on any atom is 0.122 e. The first-order chi connectivity index (χ1) is 8.29. The Kier molecular flexibility index (Phi) is 4.06. The summed E-state index contributed by atoms with van der Waals surface area (Å²) in [5.41, 5.74) is 2.72. The molecule has 0 radical (unpaired) electrons. The van der Waals surface area contributed by atoms with Crippen molar-refractivity contribution in [1.82, 2.24) is 5.32 Å². The molecule has 1 aromatic rings. The molecule has 2 heteroatoms. The molecule has 1 heterocycles. The average Bonchev–Trinajstić information content (AvgIpc) is 2.76. The number of hydrogen-bond acceptors (Lipinski definition) is 2. The van der Waals surface area contributed by atoms with Crippen LogP contribution in [-0.4, -0.2) is 19.2 Å². The number of rotatable bonds is 5. The van der Waals surface area contributed by atoms with Crippen molar-refractivity contribution in [3.8, 4) is 18.1 Å². The predicted octanol–water partition coefficient (Wildman–Crippen LogP) is 2.17. The summed E-state index contributed by atoms with van der Waals surface area (Å²) in [5, 5.41) is 3.43.